The van der Waals surface area contributed by atoms with Crippen LogP contribution in [0.5, 0.6) is 0 Å². The Hall–Kier alpha value is -2.83. The molecule has 2 aliphatic carbocycles. The van der Waals surface area contributed by atoms with Gasteiger partial charge in [-0.05, 0) is 43.7 Å². The lowest BCUT2D eigenvalue weighted by atomic mass is 10.2. The molecule has 138 valence electrons. The second kappa shape index (κ2) is 6.72. The molecule has 7 heteroatoms. The normalized spacial score (nSPS) is 16.7. The smallest absolute Gasteiger partial charge is 0.253 e. The Labute approximate surface area is 157 Å². The Morgan fingerprint density at radius 3 is 2.89 bits per heavy atom. The molecule has 1 saturated carbocycles. The fourth-order valence-electron chi connectivity index (χ4n) is 4.19. The molecule has 3 heterocycles. The number of pyridine rings is 1. The summed E-state index contributed by atoms with van der Waals surface area (Å²) in [6.07, 6.45) is 13.4. The van der Waals surface area contributed by atoms with Crippen molar-refractivity contribution in [3.8, 4) is 0 Å². The predicted octanol–water partition coefficient (Wildman–Crippen LogP) is 2.76. The van der Waals surface area contributed by atoms with Crippen molar-refractivity contribution in [3.63, 3.8) is 0 Å². The highest BCUT2D eigenvalue weighted by molar-refractivity contribution is 5.96. The van der Waals surface area contributed by atoms with Gasteiger partial charge in [-0.2, -0.15) is 0 Å². The van der Waals surface area contributed by atoms with Gasteiger partial charge >= 0.3 is 0 Å². The van der Waals surface area contributed by atoms with Gasteiger partial charge in [0.05, 0.1) is 18.4 Å². The Balaban J connectivity index is 1.30. The summed E-state index contributed by atoms with van der Waals surface area (Å²) in [4.78, 5) is 30.4. The molecule has 5 rings (SSSR count). The van der Waals surface area contributed by atoms with Crippen LogP contribution in [0, 0.1) is 0 Å². The van der Waals surface area contributed by atoms with Crippen molar-refractivity contribution in [1.29, 1.82) is 0 Å². The van der Waals surface area contributed by atoms with Crippen molar-refractivity contribution < 1.29 is 4.79 Å². The van der Waals surface area contributed by atoms with E-state index in [-0.39, 0.29) is 5.91 Å². The zero-order chi connectivity index (χ0) is 18.2. The minimum Gasteiger partial charge on any atom is -0.345 e. The highest BCUT2D eigenvalue weighted by Crippen LogP contribution is 2.31. The molecule has 1 N–H and O–H groups in total. The maximum atomic E-state index is 12.5. The van der Waals surface area contributed by atoms with Crippen LogP contribution in [-0.2, 0) is 19.4 Å². The van der Waals surface area contributed by atoms with E-state index >= 15 is 0 Å². The summed E-state index contributed by atoms with van der Waals surface area (Å²) in [5, 5.41) is 2.89. The first-order valence-corrected chi connectivity index (χ1v) is 9.72. The Kier molecular flexibility index (Phi) is 4.07. The number of hydrogen-bond donors (Lipinski definition) is 1. The highest BCUT2D eigenvalue weighted by Gasteiger charge is 2.20. The van der Waals surface area contributed by atoms with E-state index in [2.05, 4.69) is 29.8 Å². The summed E-state index contributed by atoms with van der Waals surface area (Å²) >= 11 is 0. The Bertz CT molecular complexity index is 1000. The van der Waals surface area contributed by atoms with E-state index < -0.39 is 0 Å². The number of carbonyl (C=O) groups excluding carboxylic acids is 1. The van der Waals surface area contributed by atoms with Gasteiger partial charge in [-0.1, -0.05) is 12.8 Å². The van der Waals surface area contributed by atoms with Crippen LogP contribution >= 0.6 is 0 Å². The van der Waals surface area contributed by atoms with Crippen molar-refractivity contribution in [1.82, 2.24) is 29.8 Å². The van der Waals surface area contributed by atoms with Gasteiger partial charge in [0, 0.05) is 24.1 Å². The summed E-state index contributed by atoms with van der Waals surface area (Å²) in [5.41, 5.74) is 4.50. The first kappa shape index (κ1) is 16.4. The number of amides is 1. The molecule has 27 heavy (non-hydrogen) atoms. The number of imidazole rings is 1. The van der Waals surface area contributed by atoms with Crippen LogP contribution in [0.2, 0.25) is 0 Å². The molecular formula is C20H22N6O. The predicted molar refractivity (Wildman–Crippen MR) is 100 cm³/mol. The van der Waals surface area contributed by atoms with E-state index in [1.54, 1.807) is 6.20 Å². The average molecular weight is 362 g/mol. The number of nitrogens with one attached hydrogen (secondary N) is 1. The molecule has 0 unspecified atom stereocenters. The molecule has 3 aromatic heterocycles. The van der Waals surface area contributed by atoms with Crippen LogP contribution in [0.4, 0.5) is 0 Å². The van der Waals surface area contributed by atoms with Crippen molar-refractivity contribution >= 4 is 17.1 Å². The zero-order valence-corrected chi connectivity index (χ0v) is 15.2. The molecule has 0 bridgehead atoms. The molecular weight excluding hydrogens is 340 g/mol. The number of carbonyl (C=O) groups is 1. The summed E-state index contributed by atoms with van der Waals surface area (Å²) in [5.74, 6) is 0.479. The van der Waals surface area contributed by atoms with Crippen LogP contribution in [-0.4, -0.2) is 30.4 Å². The largest absolute Gasteiger partial charge is 0.345 e. The quantitative estimate of drug-likeness (QED) is 0.771. The molecule has 0 aliphatic heterocycles. The molecule has 0 aromatic carbocycles. The van der Waals surface area contributed by atoms with Crippen LogP contribution in [0.15, 0.2) is 24.8 Å². The molecule has 0 radical (unpaired) electrons. The highest BCUT2D eigenvalue weighted by atomic mass is 16.1. The summed E-state index contributed by atoms with van der Waals surface area (Å²) in [6, 6.07) is 2.30. The first-order valence-electron chi connectivity index (χ1n) is 9.72. The SMILES string of the molecule is O=C(NCc1ncc2c(n1)CCC2)c1cnc2c(c1)ncn2C1CCCC1. The molecule has 3 aromatic rings. The zero-order valence-electron chi connectivity index (χ0n) is 15.2. The van der Waals surface area contributed by atoms with Gasteiger partial charge in [0.2, 0.25) is 0 Å². The number of aromatic nitrogens is 5. The Morgan fingerprint density at radius 1 is 1.11 bits per heavy atom. The second-order valence-electron chi connectivity index (χ2n) is 7.45. The fourth-order valence-corrected chi connectivity index (χ4v) is 4.19. The third kappa shape index (κ3) is 3.07. The van der Waals surface area contributed by atoms with Crippen molar-refractivity contribution in [3.05, 3.63) is 47.4 Å². The van der Waals surface area contributed by atoms with Gasteiger partial charge in [-0.15, -0.1) is 0 Å². The molecule has 7 nitrogen and oxygen atoms in total. The number of hydrogen-bond acceptors (Lipinski definition) is 5. The number of fused-ring (bicyclic) bond motifs is 2. The number of nitrogens with zero attached hydrogens (tertiary/aromatic N) is 5. The standard InChI is InChI=1S/C20H22N6O/c27-20(23-11-18-21-9-13-4-3-7-16(13)25-18)14-8-17-19(22-10-14)26(12-24-17)15-5-1-2-6-15/h8-10,12,15H,1-7,11H2,(H,23,27). The topological polar surface area (TPSA) is 85.6 Å². The van der Waals surface area contributed by atoms with Crippen LogP contribution in [0.25, 0.3) is 11.2 Å². The van der Waals surface area contributed by atoms with E-state index in [0.717, 1.165) is 36.1 Å². The maximum absolute atomic E-state index is 12.5. The van der Waals surface area contributed by atoms with Crippen molar-refractivity contribution in [2.24, 2.45) is 0 Å². The maximum Gasteiger partial charge on any atom is 0.253 e. The Morgan fingerprint density at radius 2 is 2.00 bits per heavy atom. The minimum atomic E-state index is -0.177. The van der Waals surface area contributed by atoms with E-state index in [1.165, 1.54) is 31.2 Å². The van der Waals surface area contributed by atoms with Gasteiger partial charge in [0.15, 0.2) is 5.65 Å². The lowest BCUT2D eigenvalue weighted by Crippen LogP contribution is -2.24. The van der Waals surface area contributed by atoms with E-state index in [0.29, 0.717) is 24.0 Å². The monoisotopic (exact) mass is 362 g/mol. The summed E-state index contributed by atoms with van der Waals surface area (Å²) < 4.78 is 2.16. The minimum absolute atomic E-state index is 0.177. The number of aryl methyl sites for hydroxylation is 2. The molecule has 0 atom stereocenters. The van der Waals surface area contributed by atoms with Gasteiger partial charge in [-0.25, -0.2) is 19.9 Å². The summed E-state index contributed by atoms with van der Waals surface area (Å²) in [7, 11) is 0. The lowest BCUT2D eigenvalue weighted by molar-refractivity contribution is 0.0949. The van der Waals surface area contributed by atoms with Gasteiger partial charge < -0.3 is 9.88 Å². The third-order valence-electron chi connectivity index (χ3n) is 5.66. The van der Waals surface area contributed by atoms with Crippen molar-refractivity contribution in [2.45, 2.75) is 57.5 Å². The van der Waals surface area contributed by atoms with E-state index in [4.69, 9.17) is 0 Å². The van der Waals surface area contributed by atoms with Crippen LogP contribution < -0.4 is 5.32 Å². The van der Waals surface area contributed by atoms with E-state index in [1.807, 2.05) is 18.6 Å². The van der Waals surface area contributed by atoms with Gasteiger partial charge in [0.25, 0.3) is 5.91 Å². The van der Waals surface area contributed by atoms with E-state index in [9.17, 15) is 4.79 Å². The number of rotatable bonds is 4. The molecule has 1 amide bonds. The first-order chi connectivity index (χ1) is 13.3. The molecule has 2 aliphatic rings. The average Bonchev–Trinajstić information content (AvgIpc) is 3.44. The third-order valence-corrected chi connectivity index (χ3v) is 5.66. The van der Waals surface area contributed by atoms with Gasteiger partial charge in [0.1, 0.15) is 11.3 Å². The van der Waals surface area contributed by atoms with Gasteiger partial charge in [-0.3, -0.25) is 4.79 Å². The molecule has 0 saturated heterocycles. The second-order valence-corrected chi connectivity index (χ2v) is 7.45. The molecule has 1 fully saturated rings. The lowest BCUT2D eigenvalue weighted by Gasteiger charge is -2.11. The van der Waals surface area contributed by atoms with Crippen LogP contribution in [0.3, 0.4) is 0 Å². The fraction of sp³-hybridized carbons (Fsp3) is 0.450. The van der Waals surface area contributed by atoms with Crippen molar-refractivity contribution in [2.75, 3.05) is 0 Å². The van der Waals surface area contributed by atoms with Crippen LogP contribution in [0.1, 0.15) is 65.6 Å². The summed E-state index contributed by atoms with van der Waals surface area (Å²) in [6.45, 7) is 0.320. The molecule has 0 spiro atoms.